The van der Waals surface area contributed by atoms with E-state index in [1.807, 2.05) is 66.9 Å². The fourth-order valence-corrected chi connectivity index (χ4v) is 6.75. The molecule has 2 amide bonds. The number of carbonyl (C=O) groups excluding carboxylic acids is 2. The molecule has 3 aliphatic rings. The number of likely N-dealkylation sites (tertiary alicyclic amines) is 1. The first-order valence-electron chi connectivity index (χ1n) is 13.5. The molecule has 1 saturated heterocycles. The molecule has 0 radical (unpaired) electrons. The van der Waals surface area contributed by atoms with Gasteiger partial charge in [0.15, 0.2) is 0 Å². The number of aromatic nitrogens is 1. The summed E-state index contributed by atoms with van der Waals surface area (Å²) in [6.45, 7) is 0.893. The Morgan fingerprint density at radius 3 is 2.39 bits per heavy atom. The highest BCUT2D eigenvalue weighted by Gasteiger charge is 2.62. The van der Waals surface area contributed by atoms with Gasteiger partial charge in [-0.15, -0.1) is 0 Å². The molecule has 3 aromatic carbocycles. The van der Waals surface area contributed by atoms with Gasteiger partial charge in [0, 0.05) is 41.6 Å². The highest BCUT2D eigenvalue weighted by Crippen LogP contribution is 2.49. The second-order valence-electron chi connectivity index (χ2n) is 11.4. The summed E-state index contributed by atoms with van der Waals surface area (Å²) < 4.78 is 25.9. The van der Waals surface area contributed by atoms with Crippen molar-refractivity contribution >= 4 is 44.0 Å². The summed E-state index contributed by atoms with van der Waals surface area (Å²) in [6, 6.07) is 22.9. The molecule has 1 aliphatic carbocycles. The van der Waals surface area contributed by atoms with Gasteiger partial charge < -0.3 is 15.5 Å². The lowest BCUT2D eigenvalue weighted by molar-refractivity contribution is -0.146. The molecule has 9 nitrogen and oxygen atoms in total. The number of nitrogens with zero attached hydrogens (tertiary/aromatic N) is 3. The lowest BCUT2D eigenvalue weighted by Crippen LogP contribution is -2.67. The number of pyridine rings is 1. The third-order valence-electron chi connectivity index (χ3n) is 8.45. The van der Waals surface area contributed by atoms with Crippen LogP contribution in [0.5, 0.6) is 0 Å². The van der Waals surface area contributed by atoms with Crippen molar-refractivity contribution in [2.45, 2.75) is 30.3 Å². The largest absolute Gasteiger partial charge is 0.338 e. The van der Waals surface area contributed by atoms with Crippen LogP contribution < -0.4 is 15.4 Å². The second-order valence-corrected chi connectivity index (χ2v) is 13.2. The minimum atomic E-state index is -3.41. The SMILES string of the molecule is CS(=O)(=O)Nc1ccc(-c2c(CN3C(=O)C4(CN(C(=O)C5(N)CC5)C4)c4ccccc43)ncc3ccccc23)cc1. The van der Waals surface area contributed by atoms with E-state index in [2.05, 4.69) is 4.72 Å². The Morgan fingerprint density at radius 1 is 1.00 bits per heavy atom. The summed E-state index contributed by atoms with van der Waals surface area (Å²) in [5, 5.41) is 1.94. The van der Waals surface area contributed by atoms with Crippen LogP contribution in [0, 0.1) is 0 Å². The van der Waals surface area contributed by atoms with Crippen LogP contribution in [0.3, 0.4) is 0 Å². The summed E-state index contributed by atoms with van der Waals surface area (Å²) in [4.78, 5) is 35.4. The van der Waals surface area contributed by atoms with Crippen molar-refractivity contribution in [2.24, 2.45) is 5.73 Å². The van der Waals surface area contributed by atoms with Crippen LogP contribution in [0.15, 0.2) is 79.0 Å². The number of para-hydroxylation sites is 1. The van der Waals surface area contributed by atoms with Gasteiger partial charge in [0.05, 0.1) is 24.0 Å². The third-order valence-corrected chi connectivity index (χ3v) is 9.06. The standard InChI is InChI=1S/C31H29N5O4S/c1-41(39,40)34-22-12-10-20(11-13-22)27-23-7-3-2-6-21(23)16-33-25(27)17-36-26-9-5-4-8-24(26)30(28(36)37)18-35(19-30)29(38)31(32)14-15-31/h2-13,16,34H,14-15,17-19,32H2,1H3. The zero-order valence-corrected chi connectivity index (χ0v) is 23.3. The molecule has 0 unspecified atom stereocenters. The van der Waals surface area contributed by atoms with Gasteiger partial charge in [-0.05, 0) is 47.6 Å². The topological polar surface area (TPSA) is 126 Å². The molecule has 7 rings (SSSR count). The smallest absolute Gasteiger partial charge is 0.242 e. The maximum atomic E-state index is 14.2. The molecule has 2 fully saturated rings. The molecule has 41 heavy (non-hydrogen) atoms. The van der Waals surface area contributed by atoms with E-state index in [1.165, 1.54) is 0 Å². The molecule has 0 atom stereocenters. The summed E-state index contributed by atoms with van der Waals surface area (Å²) in [6.07, 6.45) is 4.31. The van der Waals surface area contributed by atoms with E-state index in [1.54, 1.807) is 21.9 Å². The summed E-state index contributed by atoms with van der Waals surface area (Å²) in [5.74, 6) is -0.114. The fraction of sp³-hybridized carbons (Fsp3) is 0.258. The fourth-order valence-electron chi connectivity index (χ4n) is 6.19. The summed E-state index contributed by atoms with van der Waals surface area (Å²) >= 11 is 0. The van der Waals surface area contributed by atoms with E-state index in [0.717, 1.165) is 45.1 Å². The second kappa shape index (κ2) is 8.86. The molecule has 2 aliphatic heterocycles. The first-order valence-corrected chi connectivity index (χ1v) is 15.4. The first-order chi connectivity index (χ1) is 19.6. The van der Waals surface area contributed by atoms with Gasteiger partial charge in [-0.2, -0.15) is 0 Å². The predicted molar refractivity (Wildman–Crippen MR) is 158 cm³/mol. The molecule has 1 saturated carbocycles. The van der Waals surface area contributed by atoms with E-state index < -0.39 is 21.0 Å². The number of nitrogens with one attached hydrogen (secondary N) is 1. The average Bonchev–Trinajstić information content (AvgIpc) is 3.63. The van der Waals surface area contributed by atoms with Gasteiger partial charge in [-0.1, -0.05) is 54.6 Å². The Hall–Kier alpha value is -4.28. The number of fused-ring (bicyclic) bond motifs is 3. The minimum absolute atomic E-state index is 0.0433. The van der Waals surface area contributed by atoms with Crippen molar-refractivity contribution in [1.82, 2.24) is 9.88 Å². The van der Waals surface area contributed by atoms with E-state index in [9.17, 15) is 18.0 Å². The van der Waals surface area contributed by atoms with Crippen LogP contribution in [-0.2, 0) is 31.6 Å². The van der Waals surface area contributed by atoms with E-state index in [0.29, 0.717) is 31.6 Å². The predicted octanol–water partition coefficient (Wildman–Crippen LogP) is 3.39. The minimum Gasteiger partial charge on any atom is -0.338 e. The Bertz CT molecular complexity index is 1840. The first kappa shape index (κ1) is 25.7. The molecular formula is C31H29N5O4S. The zero-order valence-electron chi connectivity index (χ0n) is 22.5. The van der Waals surface area contributed by atoms with E-state index >= 15 is 0 Å². The quantitative estimate of drug-likeness (QED) is 0.368. The van der Waals surface area contributed by atoms with Crippen molar-refractivity contribution < 1.29 is 18.0 Å². The lowest BCUT2D eigenvalue weighted by Gasteiger charge is -2.47. The number of anilines is 2. The molecule has 3 N–H and O–H groups in total. The average molecular weight is 568 g/mol. The molecule has 1 aromatic heterocycles. The molecule has 3 heterocycles. The van der Waals surface area contributed by atoms with Crippen molar-refractivity contribution in [3.63, 3.8) is 0 Å². The zero-order chi connectivity index (χ0) is 28.6. The molecular weight excluding hydrogens is 538 g/mol. The van der Waals surface area contributed by atoms with Gasteiger partial charge in [0.1, 0.15) is 5.41 Å². The van der Waals surface area contributed by atoms with Crippen LogP contribution >= 0.6 is 0 Å². The van der Waals surface area contributed by atoms with Crippen LogP contribution in [0.2, 0.25) is 0 Å². The van der Waals surface area contributed by atoms with Crippen LogP contribution in [0.25, 0.3) is 21.9 Å². The van der Waals surface area contributed by atoms with Gasteiger partial charge in [0.25, 0.3) is 0 Å². The number of nitrogens with two attached hydrogens (primary N) is 1. The number of hydrogen-bond donors (Lipinski definition) is 2. The monoisotopic (exact) mass is 567 g/mol. The Morgan fingerprint density at radius 2 is 1.68 bits per heavy atom. The number of benzene rings is 3. The Labute approximate surface area is 238 Å². The van der Waals surface area contributed by atoms with Crippen molar-refractivity contribution in [2.75, 3.05) is 29.0 Å². The van der Waals surface area contributed by atoms with Gasteiger partial charge >= 0.3 is 0 Å². The number of amides is 2. The van der Waals surface area contributed by atoms with Crippen LogP contribution in [0.1, 0.15) is 24.1 Å². The van der Waals surface area contributed by atoms with Gasteiger partial charge in [-0.25, -0.2) is 8.42 Å². The van der Waals surface area contributed by atoms with E-state index in [4.69, 9.17) is 10.7 Å². The van der Waals surface area contributed by atoms with Gasteiger partial charge in [-0.3, -0.25) is 19.3 Å². The van der Waals surface area contributed by atoms with Crippen molar-refractivity contribution in [1.29, 1.82) is 0 Å². The highest BCUT2D eigenvalue weighted by molar-refractivity contribution is 7.92. The molecule has 1 spiro atoms. The Balaban J connectivity index is 1.26. The maximum Gasteiger partial charge on any atom is 0.242 e. The van der Waals surface area contributed by atoms with Gasteiger partial charge in [0.2, 0.25) is 21.8 Å². The molecule has 10 heteroatoms. The van der Waals surface area contributed by atoms with Crippen molar-refractivity contribution in [3.8, 4) is 11.1 Å². The number of hydrogen-bond acceptors (Lipinski definition) is 6. The van der Waals surface area contributed by atoms with Crippen LogP contribution in [0.4, 0.5) is 11.4 Å². The van der Waals surface area contributed by atoms with Crippen molar-refractivity contribution in [3.05, 3.63) is 90.3 Å². The lowest BCUT2D eigenvalue weighted by atomic mass is 9.74. The Kier molecular flexibility index (Phi) is 5.55. The number of carbonyl (C=O) groups is 2. The number of rotatable bonds is 6. The third kappa shape index (κ3) is 4.17. The molecule has 4 aromatic rings. The normalized spacial score (nSPS) is 18.3. The van der Waals surface area contributed by atoms with E-state index in [-0.39, 0.29) is 18.4 Å². The highest BCUT2D eigenvalue weighted by atomic mass is 32.2. The maximum absolute atomic E-state index is 14.2. The molecule has 208 valence electrons. The number of sulfonamides is 1. The van der Waals surface area contributed by atoms with Crippen LogP contribution in [-0.4, -0.2) is 55.0 Å². The molecule has 0 bridgehead atoms. The summed E-state index contributed by atoms with van der Waals surface area (Å²) in [7, 11) is -3.41. The summed E-state index contributed by atoms with van der Waals surface area (Å²) in [5.41, 5.74) is 9.30.